The first-order valence-corrected chi connectivity index (χ1v) is 18.3. The molecule has 1 heterocycles. The molecule has 11 heteroatoms. The summed E-state index contributed by atoms with van der Waals surface area (Å²) in [5.74, 6) is -1.69. The molecule has 1 rings (SSSR count). The molecule has 0 bridgehead atoms. The molecule has 2 atom stereocenters. The molecule has 0 unspecified atom stereocenters. The largest absolute Gasteiger partial charge is 0.460 e. The summed E-state index contributed by atoms with van der Waals surface area (Å²) in [6.07, 6.45) is 15.1. The fraction of sp³-hybridized carbons (Fsp3) is 0.892. The molecule has 0 aromatic carbocycles. The molecule has 1 saturated heterocycles. The Hall–Kier alpha value is -2.40. The predicted octanol–water partition coefficient (Wildman–Crippen LogP) is 7.66. The molecule has 2 N–H and O–H groups in total. The van der Waals surface area contributed by atoms with E-state index in [4.69, 9.17) is 23.7 Å². The van der Waals surface area contributed by atoms with Crippen molar-refractivity contribution in [3.05, 3.63) is 0 Å². The topological polar surface area (TPSA) is 138 Å². The Morgan fingerprint density at radius 1 is 0.562 bits per heavy atom. The van der Waals surface area contributed by atoms with Gasteiger partial charge < -0.3 is 34.3 Å². The smallest absolute Gasteiger partial charge is 0.329 e. The van der Waals surface area contributed by atoms with E-state index in [1.54, 1.807) is 62.3 Å². The van der Waals surface area contributed by atoms with Crippen LogP contribution in [0.2, 0.25) is 0 Å². The number of urea groups is 1. The van der Waals surface area contributed by atoms with Gasteiger partial charge >= 0.3 is 23.9 Å². The van der Waals surface area contributed by atoms with Crippen LogP contribution in [0.4, 0.5) is 4.79 Å². The number of esters is 3. The molecule has 0 radical (unpaired) electrons. The van der Waals surface area contributed by atoms with Gasteiger partial charge in [0.1, 0.15) is 28.9 Å². The van der Waals surface area contributed by atoms with E-state index in [-0.39, 0.29) is 19.1 Å². The number of hydrogen-bond donors (Lipinski definition) is 2. The molecule has 0 aromatic heterocycles. The summed E-state index contributed by atoms with van der Waals surface area (Å²) in [6.45, 7) is 17.2. The molecule has 11 nitrogen and oxygen atoms in total. The zero-order valence-electron chi connectivity index (χ0n) is 31.6. The van der Waals surface area contributed by atoms with E-state index < -0.39 is 52.8 Å². The molecule has 280 valence electrons. The number of hydrogen-bond acceptors (Lipinski definition) is 9. The van der Waals surface area contributed by atoms with Crippen LogP contribution in [0.5, 0.6) is 0 Å². The molecule has 0 saturated carbocycles. The zero-order chi connectivity index (χ0) is 36.2. The molecule has 1 aliphatic heterocycles. The van der Waals surface area contributed by atoms with Crippen LogP contribution in [-0.4, -0.2) is 72.3 Å². The van der Waals surface area contributed by atoms with Crippen molar-refractivity contribution >= 4 is 23.9 Å². The van der Waals surface area contributed by atoms with E-state index in [0.29, 0.717) is 6.42 Å². The second-order valence-electron chi connectivity index (χ2n) is 15.9. The molecule has 1 fully saturated rings. The second kappa shape index (κ2) is 22.3. The van der Waals surface area contributed by atoms with Gasteiger partial charge in [0.15, 0.2) is 6.29 Å². The summed E-state index contributed by atoms with van der Waals surface area (Å²) < 4.78 is 27.4. The Kier molecular flexibility index (Phi) is 20.3. The first-order chi connectivity index (χ1) is 22.3. The summed E-state index contributed by atoms with van der Waals surface area (Å²) in [7, 11) is 0. The minimum absolute atomic E-state index is 0.0135. The predicted molar refractivity (Wildman–Crippen MR) is 186 cm³/mol. The monoisotopic (exact) mass is 684 g/mol. The van der Waals surface area contributed by atoms with Crippen molar-refractivity contribution in [1.82, 2.24) is 10.6 Å². The van der Waals surface area contributed by atoms with Gasteiger partial charge in [-0.1, -0.05) is 70.6 Å². The van der Waals surface area contributed by atoms with E-state index in [0.717, 1.165) is 45.3 Å². The number of amides is 2. The van der Waals surface area contributed by atoms with Crippen molar-refractivity contribution in [2.24, 2.45) is 0 Å². The van der Waals surface area contributed by atoms with E-state index in [1.807, 2.05) is 0 Å². The number of nitrogens with one attached hydrogen (secondary N) is 2. The van der Waals surface area contributed by atoms with Gasteiger partial charge in [0.2, 0.25) is 0 Å². The first-order valence-electron chi connectivity index (χ1n) is 18.3. The molecule has 2 amide bonds. The maximum Gasteiger partial charge on any atom is 0.329 e. The Labute approximate surface area is 290 Å². The van der Waals surface area contributed by atoms with Crippen LogP contribution < -0.4 is 10.6 Å². The highest BCUT2D eigenvalue weighted by Gasteiger charge is 2.31. The van der Waals surface area contributed by atoms with Crippen molar-refractivity contribution in [1.29, 1.82) is 0 Å². The van der Waals surface area contributed by atoms with Crippen molar-refractivity contribution < 1.29 is 42.9 Å². The summed E-state index contributed by atoms with van der Waals surface area (Å²) in [5, 5.41) is 5.33. The van der Waals surface area contributed by atoms with Gasteiger partial charge in [-0.15, -0.1) is 0 Å². The van der Waals surface area contributed by atoms with Crippen molar-refractivity contribution in [2.45, 2.75) is 200 Å². The van der Waals surface area contributed by atoms with Gasteiger partial charge in [0.25, 0.3) is 0 Å². The molecule has 48 heavy (non-hydrogen) atoms. The fourth-order valence-corrected chi connectivity index (χ4v) is 5.26. The Morgan fingerprint density at radius 2 is 0.938 bits per heavy atom. The number of carbonyl (C=O) groups excluding carboxylic acids is 4. The average molecular weight is 685 g/mol. The Bertz CT molecular complexity index is 944. The third-order valence-corrected chi connectivity index (χ3v) is 7.42. The zero-order valence-corrected chi connectivity index (χ0v) is 31.6. The van der Waals surface area contributed by atoms with Crippen molar-refractivity contribution in [3.8, 4) is 0 Å². The van der Waals surface area contributed by atoms with Crippen LogP contribution in [0.15, 0.2) is 0 Å². The number of rotatable bonds is 22. The number of carbonyl (C=O) groups is 4. The summed E-state index contributed by atoms with van der Waals surface area (Å²) in [5.41, 5.74) is -2.19. The standard InChI is InChI=1S/C37H68N2O9/c1-35(2,3)46-30(40)25-24-29(33(42)48-37(7,8)9)39-34(43)38-28(32(41)47-36(4,5)6)22-20-18-16-14-12-10-11-13-15-17-19-21-23-31-44-26-27-45-31/h28-29,31H,10-27H2,1-9H3,(H2,38,39,43)/t28-,29-/m0/s1. The lowest BCUT2D eigenvalue weighted by Crippen LogP contribution is -2.53. The van der Waals surface area contributed by atoms with Gasteiger partial charge in [-0.2, -0.15) is 0 Å². The van der Waals surface area contributed by atoms with E-state index >= 15 is 0 Å². The maximum atomic E-state index is 13.1. The second-order valence-corrected chi connectivity index (χ2v) is 15.9. The number of ether oxygens (including phenoxy) is 5. The first kappa shape index (κ1) is 43.6. The van der Waals surface area contributed by atoms with Crippen molar-refractivity contribution in [2.75, 3.05) is 13.2 Å². The van der Waals surface area contributed by atoms with Crippen LogP contribution in [0.3, 0.4) is 0 Å². The van der Waals surface area contributed by atoms with Crippen LogP contribution in [0.25, 0.3) is 0 Å². The molecular formula is C37H68N2O9. The van der Waals surface area contributed by atoms with E-state index in [2.05, 4.69) is 10.6 Å². The highest BCUT2D eigenvalue weighted by atomic mass is 16.7. The third-order valence-electron chi connectivity index (χ3n) is 7.42. The number of unbranched alkanes of at least 4 members (excludes halogenated alkanes) is 11. The lowest BCUT2D eigenvalue weighted by Gasteiger charge is -2.27. The van der Waals surface area contributed by atoms with Gasteiger partial charge in [-0.25, -0.2) is 14.4 Å². The quantitative estimate of drug-likeness (QED) is 0.0668. The minimum atomic E-state index is -1.11. The molecule has 1 aliphatic rings. The van der Waals surface area contributed by atoms with Crippen LogP contribution >= 0.6 is 0 Å². The SMILES string of the molecule is CC(C)(C)OC(=O)CC[C@H](NC(=O)N[C@@H](CCCCCCCCCCCCCCC1OCCO1)C(=O)OC(C)(C)C)C(=O)OC(C)(C)C. The third kappa shape index (κ3) is 23.8. The normalized spacial score (nSPS) is 15.4. The van der Waals surface area contributed by atoms with E-state index in [9.17, 15) is 19.2 Å². The molecule has 0 aromatic rings. The highest BCUT2D eigenvalue weighted by Crippen LogP contribution is 2.18. The fourth-order valence-electron chi connectivity index (χ4n) is 5.26. The Balaban J connectivity index is 2.49. The average Bonchev–Trinajstić information content (AvgIpc) is 3.45. The highest BCUT2D eigenvalue weighted by molar-refractivity contribution is 5.87. The van der Waals surface area contributed by atoms with Crippen LogP contribution in [-0.2, 0) is 38.1 Å². The Morgan fingerprint density at radius 3 is 1.35 bits per heavy atom. The van der Waals surface area contributed by atoms with Gasteiger partial charge in [-0.05, 0) is 88.0 Å². The van der Waals surface area contributed by atoms with Crippen LogP contribution in [0.1, 0.15) is 165 Å². The lowest BCUT2D eigenvalue weighted by molar-refractivity contribution is -0.159. The van der Waals surface area contributed by atoms with Gasteiger partial charge in [0.05, 0.1) is 13.2 Å². The minimum Gasteiger partial charge on any atom is -0.460 e. The molecule has 0 spiro atoms. The van der Waals surface area contributed by atoms with Crippen LogP contribution in [0, 0.1) is 0 Å². The van der Waals surface area contributed by atoms with E-state index in [1.165, 1.54) is 51.4 Å². The summed E-state index contributed by atoms with van der Waals surface area (Å²) in [4.78, 5) is 51.4. The maximum absolute atomic E-state index is 13.1. The van der Waals surface area contributed by atoms with Gasteiger partial charge in [-0.3, -0.25) is 4.79 Å². The summed E-state index contributed by atoms with van der Waals surface area (Å²) >= 11 is 0. The van der Waals surface area contributed by atoms with Crippen molar-refractivity contribution in [3.63, 3.8) is 0 Å². The lowest BCUT2D eigenvalue weighted by atomic mass is 10.0. The molecular weight excluding hydrogens is 616 g/mol. The van der Waals surface area contributed by atoms with Gasteiger partial charge in [0, 0.05) is 6.42 Å². The molecule has 0 aliphatic carbocycles. The summed E-state index contributed by atoms with van der Waals surface area (Å²) in [6, 6.07) is -2.70.